The lowest BCUT2D eigenvalue weighted by Gasteiger charge is -2.35. The summed E-state index contributed by atoms with van der Waals surface area (Å²) >= 11 is 5.98. The minimum atomic E-state index is -0.581. The van der Waals surface area contributed by atoms with Crippen LogP contribution in [0.4, 0.5) is 5.82 Å². The van der Waals surface area contributed by atoms with Crippen LogP contribution < -0.4 is 5.32 Å². The van der Waals surface area contributed by atoms with Crippen molar-refractivity contribution in [1.82, 2.24) is 9.88 Å². The van der Waals surface area contributed by atoms with Gasteiger partial charge < -0.3 is 15.0 Å². The molecule has 1 aliphatic rings. The number of hydrogen-bond donors (Lipinski definition) is 1. The molecule has 1 aromatic rings. The fourth-order valence-electron chi connectivity index (χ4n) is 2.70. The molecule has 1 atom stereocenters. The van der Waals surface area contributed by atoms with Gasteiger partial charge in [0.05, 0.1) is 0 Å². The number of esters is 1. The van der Waals surface area contributed by atoms with Gasteiger partial charge in [-0.15, -0.1) is 0 Å². The Bertz CT molecular complexity index is 628. The van der Waals surface area contributed by atoms with E-state index in [9.17, 15) is 9.59 Å². The van der Waals surface area contributed by atoms with Crippen molar-refractivity contribution in [3.8, 4) is 0 Å². The molecule has 132 valence electrons. The highest BCUT2D eigenvalue weighted by Gasteiger charge is 2.35. The summed E-state index contributed by atoms with van der Waals surface area (Å²) in [5.41, 5.74) is -0.169. The number of amides is 1. The fraction of sp³-hybridized carbons (Fsp3) is 0.588. The number of hydrogen-bond acceptors (Lipinski definition) is 5. The highest BCUT2D eigenvalue weighted by atomic mass is 35.5. The first-order valence-corrected chi connectivity index (χ1v) is 8.48. The van der Waals surface area contributed by atoms with Gasteiger partial charge in [-0.05, 0) is 52.2 Å². The van der Waals surface area contributed by atoms with Crippen LogP contribution in [0.15, 0.2) is 12.1 Å². The van der Waals surface area contributed by atoms with Crippen LogP contribution in [0.3, 0.4) is 0 Å². The van der Waals surface area contributed by atoms with E-state index in [-0.39, 0.29) is 17.0 Å². The molecular weight excluding hydrogens is 330 g/mol. The van der Waals surface area contributed by atoms with E-state index in [0.717, 1.165) is 12.8 Å². The molecule has 6 nitrogen and oxygen atoms in total. The Hall–Kier alpha value is -1.82. The SMILES string of the molecule is CNc1cc(C(=O)N2CCCC[C@H]2C(=O)OC(C)(C)C)cc(Cl)n1. The Morgan fingerprint density at radius 1 is 1.33 bits per heavy atom. The van der Waals surface area contributed by atoms with Crippen LogP contribution >= 0.6 is 11.6 Å². The summed E-state index contributed by atoms with van der Waals surface area (Å²) in [4.78, 5) is 31.0. The number of halogens is 1. The fourth-order valence-corrected chi connectivity index (χ4v) is 2.91. The Balaban J connectivity index is 2.25. The second-order valence-corrected chi connectivity index (χ2v) is 7.24. The quantitative estimate of drug-likeness (QED) is 0.667. The number of piperidine rings is 1. The first-order chi connectivity index (χ1) is 11.2. The second-order valence-electron chi connectivity index (χ2n) is 6.86. The molecule has 1 saturated heterocycles. The molecule has 1 N–H and O–H groups in total. The summed E-state index contributed by atoms with van der Waals surface area (Å²) in [6, 6.07) is 2.59. The van der Waals surface area contributed by atoms with Crippen LogP contribution in [-0.4, -0.2) is 47.0 Å². The number of carbonyl (C=O) groups is 2. The highest BCUT2D eigenvalue weighted by Crippen LogP contribution is 2.24. The van der Waals surface area contributed by atoms with Gasteiger partial charge in [-0.3, -0.25) is 4.79 Å². The maximum absolute atomic E-state index is 12.9. The molecule has 0 radical (unpaired) electrons. The van der Waals surface area contributed by atoms with Crippen LogP contribution in [0.5, 0.6) is 0 Å². The number of anilines is 1. The van der Waals surface area contributed by atoms with E-state index < -0.39 is 11.6 Å². The van der Waals surface area contributed by atoms with Gasteiger partial charge in [0.1, 0.15) is 22.6 Å². The summed E-state index contributed by atoms with van der Waals surface area (Å²) < 4.78 is 5.48. The molecule has 1 fully saturated rings. The zero-order chi connectivity index (χ0) is 17.9. The average molecular weight is 354 g/mol. The van der Waals surface area contributed by atoms with Gasteiger partial charge in [-0.1, -0.05) is 11.6 Å². The third-order valence-corrected chi connectivity index (χ3v) is 3.93. The summed E-state index contributed by atoms with van der Waals surface area (Å²) in [5.74, 6) is -0.0763. The van der Waals surface area contributed by atoms with Crippen molar-refractivity contribution in [3.05, 3.63) is 22.8 Å². The second kappa shape index (κ2) is 7.38. The summed E-state index contributed by atoms with van der Waals surface area (Å²) in [5, 5.41) is 3.11. The zero-order valence-electron chi connectivity index (χ0n) is 14.6. The standard InChI is InChI=1S/C17H24ClN3O3/c1-17(2,3)24-16(23)12-7-5-6-8-21(12)15(22)11-9-13(18)20-14(10-11)19-4/h9-10,12H,5-8H2,1-4H3,(H,19,20)/t12-/m0/s1. The Morgan fingerprint density at radius 3 is 2.67 bits per heavy atom. The van der Waals surface area contributed by atoms with E-state index in [0.29, 0.717) is 24.3 Å². The van der Waals surface area contributed by atoms with Gasteiger partial charge >= 0.3 is 5.97 Å². The first-order valence-electron chi connectivity index (χ1n) is 8.10. The monoisotopic (exact) mass is 353 g/mol. The zero-order valence-corrected chi connectivity index (χ0v) is 15.3. The largest absolute Gasteiger partial charge is 0.458 e. The number of carbonyl (C=O) groups excluding carboxylic acids is 2. The van der Waals surface area contributed by atoms with Crippen molar-refractivity contribution >= 4 is 29.3 Å². The molecule has 0 spiro atoms. The van der Waals surface area contributed by atoms with Crippen molar-refractivity contribution in [2.24, 2.45) is 0 Å². The van der Waals surface area contributed by atoms with Crippen LogP contribution in [0.1, 0.15) is 50.4 Å². The van der Waals surface area contributed by atoms with Gasteiger partial charge in [-0.25, -0.2) is 9.78 Å². The summed E-state index contributed by atoms with van der Waals surface area (Å²) in [7, 11) is 1.71. The van der Waals surface area contributed by atoms with Crippen LogP contribution in [0.25, 0.3) is 0 Å². The lowest BCUT2D eigenvalue weighted by molar-refractivity contribution is -0.161. The molecule has 24 heavy (non-hydrogen) atoms. The first kappa shape index (κ1) is 18.5. The molecule has 1 amide bonds. The Morgan fingerprint density at radius 2 is 2.04 bits per heavy atom. The number of pyridine rings is 1. The molecule has 7 heteroatoms. The number of likely N-dealkylation sites (tertiary alicyclic amines) is 1. The number of aromatic nitrogens is 1. The van der Waals surface area contributed by atoms with Crippen molar-refractivity contribution in [2.45, 2.75) is 51.7 Å². The maximum Gasteiger partial charge on any atom is 0.329 e. The van der Waals surface area contributed by atoms with Crippen molar-refractivity contribution in [1.29, 1.82) is 0 Å². The van der Waals surface area contributed by atoms with E-state index in [4.69, 9.17) is 16.3 Å². The molecule has 2 rings (SSSR count). The van der Waals surface area contributed by atoms with E-state index in [1.165, 1.54) is 6.07 Å². The molecule has 1 aliphatic heterocycles. The average Bonchev–Trinajstić information content (AvgIpc) is 2.51. The van der Waals surface area contributed by atoms with Gasteiger partial charge in [0.2, 0.25) is 0 Å². The number of rotatable bonds is 3. The topological polar surface area (TPSA) is 71.5 Å². The minimum Gasteiger partial charge on any atom is -0.458 e. The third-order valence-electron chi connectivity index (χ3n) is 3.74. The molecule has 0 aliphatic carbocycles. The van der Waals surface area contributed by atoms with E-state index >= 15 is 0 Å². The van der Waals surface area contributed by atoms with E-state index in [1.807, 2.05) is 20.8 Å². The van der Waals surface area contributed by atoms with E-state index in [1.54, 1.807) is 18.0 Å². The Labute approximate surface area is 147 Å². The lowest BCUT2D eigenvalue weighted by atomic mass is 10.0. The van der Waals surface area contributed by atoms with Crippen molar-refractivity contribution in [2.75, 3.05) is 18.9 Å². The van der Waals surface area contributed by atoms with E-state index in [2.05, 4.69) is 10.3 Å². The number of nitrogens with zero attached hydrogens (tertiary/aromatic N) is 2. The van der Waals surface area contributed by atoms with Gasteiger partial charge in [0, 0.05) is 19.2 Å². The van der Waals surface area contributed by atoms with Crippen LogP contribution in [0, 0.1) is 0 Å². The molecule has 1 aromatic heterocycles. The predicted octanol–water partition coefficient (Wildman–Crippen LogP) is 3.11. The van der Waals surface area contributed by atoms with Gasteiger partial charge in [-0.2, -0.15) is 0 Å². The third kappa shape index (κ3) is 4.60. The highest BCUT2D eigenvalue weighted by molar-refractivity contribution is 6.29. The van der Waals surface area contributed by atoms with Crippen LogP contribution in [0.2, 0.25) is 5.15 Å². The minimum absolute atomic E-state index is 0.230. The van der Waals surface area contributed by atoms with Gasteiger partial charge in [0.25, 0.3) is 5.91 Å². The summed E-state index contributed by atoms with van der Waals surface area (Å²) in [6.45, 7) is 5.99. The van der Waals surface area contributed by atoms with Crippen molar-refractivity contribution < 1.29 is 14.3 Å². The lowest BCUT2D eigenvalue weighted by Crippen LogP contribution is -2.50. The van der Waals surface area contributed by atoms with Crippen molar-refractivity contribution in [3.63, 3.8) is 0 Å². The van der Waals surface area contributed by atoms with Gasteiger partial charge in [0.15, 0.2) is 0 Å². The Kier molecular flexibility index (Phi) is 5.70. The number of ether oxygens (including phenoxy) is 1. The molecule has 2 heterocycles. The smallest absolute Gasteiger partial charge is 0.329 e. The summed E-state index contributed by atoms with van der Waals surface area (Å²) in [6.07, 6.45) is 2.37. The molecule has 0 saturated carbocycles. The molecule has 0 unspecified atom stereocenters. The molecule has 0 aromatic carbocycles. The molecular formula is C17H24ClN3O3. The maximum atomic E-state index is 12.9. The normalized spacial score (nSPS) is 18.2. The predicted molar refractivity (Wildman–Crippen MR) is 93.3 cm³/mol. The number of nitrogens with one attached hydrogen (secondary N) is 1. The molecule has 0 bridgehead atoms. The van der Waals surface area contributed by atoms with Crippen LogP contribution in [-0.2, 0) is 9.53 Å².